The van der Waals surface area contributed by atoms with E-state index < -0.39 is 0 Å². The van der Waals surface area contributed by atoms with Crippen LogP contribution in [0.25, 0.3) is 0 Å². The minimum absolute atomic E-state index is 0.0799. The number of amides is 1. The SMILES string of the molecule is Cc1nc(N(C)C)ncc1C(=O)NCCC1COc2ccccc2O1. The van der Waals surface area contributed by atoms with Crippen LogP contribution in [0.3, 0.4) is 0 Å². The summed E-state index contributed by atoms with van der Waals surface area (Å²) in [5, 5.41) is 2.89. The predicted molar refractivity (Wildman–Crippen MR) is 94.4 cm³/mol. The Morgan fingerprint density at radius 3 is 2.80 bits per heavy atom. The second kappa shape index (κ2) is 7.38. The van der Waals surface area contributed by atoms with Crippen LogP contribution in [0, 0.1) is 6.92 Å². The van der Waals surface area contributed by atoms with E-state index in [0.29, 0.717) is 36.8 Å². The first-order valence-electron chi connectivity index (χ1n) is 8.22. The molecule has 0 radical (unpaired) electrons. The molecule has 1 N–H and O–H groups in total. The number of nitrogens with zero attached hydrogens (tertiary/aromatic N) is 3. The summed E-state index contributed by atoms with van der Waals surface area (Å²) < 4.78 is 11.5. The maximum Gasteiger partial charge on any atom is 0.254 e. The molecule has 2 aromatic rings. The molecular formula is C18H22N4O3. The molecular weight excluding hydrogens is 320 g/mol. The van der Waals surface area contributed by atoms with E-state index >= 15 is 0 Å². The van der Waals surface area contributed by atoms with Crippen LogP contribution in [0.1, 0.15) is 22.5 Å². The molecule has 1 amide bonds. The quantitative estimate of drug-likeness (QED) is 0.893. The van der Waals surface area contributed by atoms with Gasteiger partial charge >= 0.3 is 0 Å². The van der Waals surface area contributed by atoms with Gasteiger partial charge in [-0.2, -0.15) is 0 Å². The lowest BCUT2D eigenvalue weighted by molar-refractivity contribution is 0.0812. The Hall–Kier alpha value is -2.83. The lowest BCUT2D eigenvalue weighted by atomic mass is 10.2. The molecule has 7 nitrogen and oxygen atoms in total. The van der Waals surface area contributed by atoms with Gasteiger partial charge in [0.1, 0.15) is 12.7 Å². The fourth-order valence-corrected chi connectivity index (χ4v) is 2.54. The Balaban J connectivity index is 1.52. The molecule has 3 rings (SSSR count). The third-order valence-electron chi connectivity index (χ3n) is 3.93. The summed E-state index contributed by atoms with van der Waals surface area (Å²) in [6, 6.07) is 7.59. The number of nitrogens with one attached hydrogen (secondary N) is 1. The van der Waals surface area contributed by atoms with Crippen LogP contribution < -0.4 is 19.7 Å². The highest BCUT2D eigenvalue weighted by molar-refractivity contribution is 5.94. The van der Waals surface area contributed by atoms with E-state index in [1.54, 1.807) is 18.0 Å². The van der Waals surface area contributed by atoms with Gasteiger partial charge in [0.2, 0.25) is 5.95 Å². The van der Waals surface area contributed by atoms with Crippen LogP contribution in [0.4, 0.5) is 5.95 Å². The van der Waals surface area contributed by atoms with E-state index in [-0.39, 0.29) is 12.0 Å². The van der Waals surface area contributed by atoms with E-state index in [0.717, 1.165) is 11.5 Å². The second-order valence-corrected chi connectivity index (χ2v) is 6.11. The number of anilines is 1. The minimum Gasteiger partial charge on any atom is -0.486 e. The van der Waals surface area contributed by atoms with Crippen LogP contribution in [0.2, 0.25) is 0 Å². The first-order chi connectivity index (χ1) is 12.0. The molecule has 2 heterocycles. The molecule has 1 aliphatic rings. The van der Waals surface area contributed by atoms with Crippen LogP contribution in [0.15, 0.2) is 30.5 Å². The van der Waals surface area contributed by atoms with Gasteiger partial charge in [-0.3, -0.25) is 4.79 Å². The molecule has 0 aliphatic carbocycles. The summed E-state index contributed by atoms with van der Waals surface area (Å²) in [5.74, 6) is 1.91. The van der Waals surface area contributed by atoms with E-state index in [2.05, 4.69) is 15.3 Å². The number of hydrogen-bond donors (Lipinski definition) is 1. The normalized spacial score (nSPS) is 15.6. The van der Waals surface area contributed by atoms with Crippen molar-refractivity contribution in [3.63, 3.8) is 0 Å². The van der Waals surface area contributed by atoms with Crippen molar-refractivity contribution >= 4 is 11.9 Å². The number of hydrogen-bond acceptors (Lipinski definition) is 6. The summed E-state index contributed by atoms with van der Waals surface area (Å²) in [6.07, 6.45) is 2.14. The third kappa shape index (κ3) is 3.99. The number of rotatable bonds is 5. The smallest absolute Gasteiger partial charge is 0.254 e. The van der Waals surface area contributed by atoms with E-state index in [9.17, 15) is 4.79 Å². The Bertz CT molecular complexity index is 764. The molecule has 0 spiro atoms. The number of carbonyl (C=O) groups is 1. The highest BCUT2D eigenvalue weighted by Crippen LogP contribution is 2.31. The number of benzene rings is 1. The van der Waals surface area contributed by atoms with Gasteiger partial charge in [0.05, 0.1) is 11.3 Å². The van der Waals surface area contributed by atoms with Crippen molar-refractivity contribution in [3.05, 3.63) is 41.7 Å². The van der Waals surface area contributed by atoms with Crippen molar-refractivity contribution in [2.75, 3.05) is 32.1 Å². The van der Waals surface area contributed by atoms with Gasteiger partial charge in [0.25, 0.3) is 5.91 Å². The number of aryl methyl sites for hydroxylation is 1. The molecule has 0 saturated heterocycles. The van der Waals surface area contributed by atoms with Gasteiger partial charge in [-0.05, 0) is 19.1 Å². The fourth-order valence-electron chi connectivity index (χ4n) is 2.54. The molecule has 1 aromatic carbocycles. The number of fused-ring (bicyclic) bond motifs is 1. The van der Waals surface area contributed by atoms with Crippen molar-refractivity contribution in [1.82, 2.24) is 15.3 Å². The summed E-state index contributed by atoms with van der Waals surface area (Å²) in [5.41, 5.74) is 1.14. The lowest BCUT2D eigenvalue weighted by Crippen LogP contribution is -2.34. The highest BCUT2D eigenvalue weighted by atomic mass is 16.6. The zero-order chi connectivity index (χ0) is 17.8. The van der Waals surface area contributed by atoms with Crippen molar-refractivity contribution in [2.45, 2.75) is 19.4 Å². The molecule has 1 aliphatic heterocycles. The van der Waals surface area contributed by atoms with Gasteiger partial charge in [0, 0.05) is 33.3 Å². The maximum absolute atomic E-state index is 12.3. The Morgan fingerprint density at radius 2 is 2.08 bits per heavy atom. The largest absolute Gasteiger partial charge is 0.486 e. The summed E-state index contributed by atoms with van der Waals surface area (Å²) in [4.78, 5) is 22.6. The zero-order valence-corrected chi connectivity index (χ0v) is 14.7. The Kier molecular flexibility index (Phi) is 5.02. The molecule has 1 atom stereocenters. The first-order valence-corrected chi connectivity index (χ1v) is 8.22. The van der Waals surface area contributed by atoms with Gasteiger partial charge in [-0.1, -0.05) is 12.1 Å². The van der Waals surface area contributed by atoms with E-state index in [1.807, 2.05) is 38.4 Å². The number of aromatic nitrogens is 2. The van der Waals surface area contributed by atoms with Gasteiger partial charge in [-0.15, -0.1) is 0 Å². The van der Waals surface area contributed by atoms with Crippen molar-refractivity contribution < 1.29 is 14.3 Å². The first kappa shape index (κ1) is 17.0. The maximum atomic E-state index is 12.3. The van der Waals surface area contributed by atoms with Crippen molar-refractivity contribution in [3.8, 4) is 11.5 Å². The monoisotopic (exact) mass is 342 g/mol. The van der Waals surface area contributed by atoms with E-state index in [4.69, 9.17) is 9.47 Å². The van der Waals surface area contributed by atoms with Crippen LogP contribution in [-0.2, 0) is 0 Å². The molecule has 0 fully saturated rings. The molecule has 1 unspecified atom stereocenters. The molecule has 132 valence electrons. The standard InChI is InChI=1S/C18H22N4O3/c1-12-14(10-20-18(21-12)22(2)3)17(23)19-9-8-13-11-24-15-6-4-5-7-16(15)25-13/h4-7,10,13H,8-9,11H2,1-3H3,(H,19,23). The lowest BCUT2D eigenvalue weighted by Gasteiger charge is -2.26. The highest BCUT2D eigenvalue weighted by Gasteiger charge is 2.20. The van der Waals surface area contributed by atoms with Crippen molar-refractivity contribution in [2.24, 2.45) is 0 Å². The van der Waals surface area contributed by atoms with Crippen LogP contribution in [-0.4, -0.2) is 49.2 Å². The minimum atomic E-state index is -0.181. The topological polar surface area (TPSA) is 76.6 Å². The summed E-state index contributed by atoms with van der Waals surface area (Å²) >= 11 is 0. The molecule has 0 saturated carbocycles. The second-order valence-electron chi connectivity index (χ2n) is 6.11. The molecule has 25 heavy (non-hydrogen) atoms. The average Bonchev–Trinajstić information content (AvgIpc) is 2.61. The molecule has 7 heteroatoms. The Labute approximate surface area is 147 Å². The van der Waals surface area contributed by atoms with Crippen LogP contribution >= 0.6 is 0 Å². The van der Waals surface area contributed by atoms with Gasteiger partial charge in [0.15, 0.2) is 11.5 Å². The number of carbonyl (C=O) groups excluding carboxylic acids is 1. The number of ether oxygens (including phenoxy) is 2. The summed E-state index contributed by atoms with van der Waals surface area (Å²) in [7, 11) is 3.72. The third-order valence-corrected chi connectivity index (χ3v) is 3.93. The van der Waals surface area contributed by atoms with Crippen LogP contribution in [0.5, 0.6) is 11.5 Å². The number of para-hydroxylation sites is 2. The average molecular weight is 342 g/mol. The molecule has 0 bridgehead atoms. The Morgan fingerprint density at radius 1 is 1.32 bits per heavy atom. The predicted octanol–water partition coefficient (Wildman–Crippen LogP) is 1.81. The van der Waals surface area contributed by atoms with Gasteiger partial charge < -0.3 is 19.7 Å². The van der Waals surface area contributed by atoms with Crippen molar-refractivity contribution in [1.29, 1.82) is 0 Å². The zero-order valence-electron chi connectivity index (χ0n) is 14.7. The van der Waals surface area contributed by atoms with E-state index in [1.165, 1.54) is 0 Å². The van der Waals surface area contributed by atoms with Gasteiger partial charge in [-0.25, -0.2) is 9.97 Å². The summed E-state index contributed by atoms with van der Waals surface area (Å²) in [6.45, 7) is 2.77. The fraction of sp³-hybridized carbons (Fsp3) is 0.389. The molecule has 1 aromatic heterocycles.